The molecule has 0 fully saturated rings. The molecule has 4 rings (SSSR count). The molecule has 2 aromatic carbocycles. The third kappa shape index (κ3) is 6.71. The second-order valence-electron chi connectivity index (χ2n) is 8.78. The molecule has 3 amide bonds. The molecule has 1 aliphatic rings. The van der Waals surface area contributed by atoms with Crippen molar-refractivity contribution in [2.75, 3.05) is 17.2 Å². The number of anilines is 2. The summed E-state index contributed by atoms with van der Waals surface area (Å²) in [5.74, 6) is -0.424. The van der Waals surface area contributed by atoms with Crippen molar-refractivity contribution in [2.24, 2.45) is 0 Å². The number of nitrogens with zero attached hydrogens (tertiary/aromatic N) is 2. The van der Waals surface area contributed by atoms with Gasteiger partial charge in [0, 0.05) is 35.0 Å². The first kappa shape index (κ1) is 27.2. The predicted molar refractivity (Wildman–Crippen MR) is 153 cm³/mol. The molecule has 0 aliphatic carbocycles. The SMILES string of the molecule is CCC(Sc1cccc(NC(=O)/C=C/c2ccccc2)c1)C(=O)Nc1sc2c(c1C#N)CCN(C(C)=O)C2. The zero-order valence-electron chi connectivity index (χ0n) is 21.2. The summed E-state index contributed by atoms with van der Waals surface area (Å²) in [5.41, 5.74) is 3.00. The number of fused-ring (bicyclic) bond motifs is 1. The lowest BCUT2D eigenvalue weighted by atomic mass is 10.0. The van der Waals surface area contributed by atoms with Crippen LogP contribution in [0.5, 0.6) is 0 Å². The van der Waals surface area contributed by atoms with Crippen molar-refractivity contribution in [3.8, 4) is 6.07 Å². The van der Waals surface area contributed by atoms with Gasteiger partial charge in [-0.3, -0.25) is 14.4 Å². The fourth-order valence-corrected chi connectivity index (χ4v) is 6.35. The molecule has 0 bridgehead atoms. The lowest BCUT2D eigenvalue weighted by Gasteiger charge is -2.25. The molecule has 0 saturated heterocycles. The molecule has 9 heteroatoms. The monoisotopic (exact) mass is 544 g/mol. The van der Waals surface area contributed by atoms with Crippen LogP contribution in [0.4, 0.5) is 10.7 Å². The number of rotatable bonds is 8. The Hall–Kier alpha value is -3.87. The lowest BCUT2D eigenvalue weighted by molar-refractivity contribution is -0.129. The molecule has 7 nitrogen and oxygen atoms in total. The first-order chi connectivity index (χ1) is 18.4. The number of hydrogen-bond acceptors (Lipinski definition) is 6. The highest BCUT2D eigenvalue weighted by Crippen LogP contribution is 2.37. The van der Waals surface area contributed by atoms with E-state index >= 15 is 0 Å². The van der Waals surface area contributed by atoms with Gasteiger partial charge in [-0.05, 0) is 48.2 Å². The maximum atomic E-state index is 13.2. The van der Waals surface area contributed by atoms with Crippen molar-refractivity contribution < 1.29 is 14.4 Å². The summed E-state index contributed by atoms with van der Waals surface area (Å²) in [7, 11) is 0. The van der Waals surface area contributed by atoms with E-state index < -0.39 is 5.25 Å². The van der Waals surface area contributed by atoms with Gasteiger partial charge in [0.25, 0.3) is 0 Å². The molecule has 0 radical (unpaired) electrons. The minimum Gasteiger partial charge on any atom is -0.337 e. The molecule has 1 aromatic heterocycles. The molecule has 2 heterocycles. The van der Waals surface area contributed by atoms with Crippen LogP contribution < -0.4 is 10.6 Å². The molecule has 38 heavy (non-hydrogen) atoms. The Morgan fingerprint density at radius 2 is 1.95 bits per heavy atom. The molecular formula is C29H28N4O3S2. The van der Waals surface area contributed by atoms with Gasteiger partial charge in [0.15, 0.2) is 0 Å². The molecule has 0 spiro atoms. The minimum atomic E-state index is -0.390. The van der Waals surface area contributed by atoms with Gasteiger partial charge in [-0.25, -0.2) is 0 Å². The number of thiophene rings is 1. The maximum Gasteiger partial charge on any atom is 0.248 e. The van der Waals surface area contributed by atoms with Crippen LogP contribution in [-0.4, -0.2) is 34.4 Å². The largest absolute Gasteiger partial charge is 0.337 e. The molecule has 2 N–H and O–H groups in total. The fourth-order valence-electron chi connectivity index (χ4n) is 4.12. The van der Waals surface area contributed by atoms with Crippen LogP contribution in [0, 0.1) is 11.3 Å². The fraction of sp³-hybridized carbons (Fsp3) is 0.241. The van der Waals surface area contributed by atoms with Crippen LogP contribution in [0.15, 0.2) is 65.6 Å². The van der Waals surface area contributed by atoms with Crippen LogP contribution in [0.2, 0.25) is 0 Å². The molecule has 0 saturated carbocycles. The van der Waals surface area contributed by atoms with E-state index in [1.165, 1.54) is 36.1 Å². The average molecular weight is 545 g/mol. The Morgan fingerprint density at radius 1 is 1.16 bits per heavy atom. The van der Waals surface area contributed by atoms with E-state index in [2.05, 4.69) is 16.7 Å². The third-order valence-electron chi connectivity index (χ3n) is 6.12. The number of benzene rings is 2. The summed E-state index contributed by atoms with van der Waals surface area (Å²) in [6.07, 6.45) is 4.43. The van der Waals surface area contributed by atoms with E-state index in [4.69, 9.17) is 0 Å². The van der Waals surface area contributed by atoms with E-state index in [0.717, 1.165) is 20.9 Å². The van der Waals surface area contributed by atoms with Crippen LogP contribution >= 0.6 is 23.1 Å². The second-order valence-corrected chi connectivity index (χ2v) is 11.2. The maximum absolute atomic E-state index is 13.2. The molecule has 1 unspecified atom stereocenters. The van der Waals surface area contributed by atoms with E-state index in [0.29, 0.717) is 42.2 Å². The summed E-state index contributed by atoms with van der Waals surface area (Å²) >= 11 is 2.78. The van der Waals surface area contributed by atoms with Gasteiger partial charge in [-0.15, -0.1) is 23.1 Å². The number of amides is 3. The van der Waals surface area contributed by atoms with Crippen molar-refractivity contribution in [1.82, 2.24) is 4.90 Å². The molecule has 3 aromatic rings. The van der Waals surface area contributed by atoms with Gasteiger partial charge in [0.1, 0.15) is 11.1 Å². The number of nitrogens with one attached hydrogen (secondary N) is 2. The smallest absolute Gasteiger partial charge is 0.248 e. The summed E-state index contributed by atoms with van der Waals surface area (Å²) in [6, 6.07) is 19.2. The minimum absolute atomic E-state index is 0.00114. The predicted octanol–water partition coefficient (Wildman–Crippen LogP) is 5.69. The van der Waals surface area contributed by atoms with Crippen molar-refractivity contribution in [2.45, 2.75) is 43.4 Å². The van der Waals surface area contributed by atoms with Gasteiger partial charge in [0.2, 0.25) is 17.7 Å². The Bertz CT molecular complexity index is 1410. The normalized spacial score (nSPS) is 13.4. The van der Waals surface area contributed by atoms with Crippen LogP contribution in [0.25, 0.3) is 6.08 Å². The van der Waals surface area contributed by atoms with Gasteiger partial charge in [0.05, 0.1) is 17.4 Å². The summed E-state index contributed by atoms with van der Waals surface area (Å²) in [6.45, 7) is 4.51. The number of carbonyl (C=O) groups is 3. The van der Waals surface area contributed by atoms with Crippen LogP contribution in [-0.2, 0) is 27.3 Å². The first-order valence-corrected chi connectivity index (χ1v) is 14.0. The van der Waals surface area contributed by atoms with Crippen LogP contribution in [0.3, 0.4) is 0 Å². The van der Waals surface area contributed by atoms with Gasteiger partial charge >= 0.3 is 0 Å². The highest BCUT2D eigenvalue weighted by atomic mass is 32.2. The molecular weight excluding hydrogens is 516 g/mol. The number of carbonyl (C=O) groups excluding carboxylic acids is 3. The van der Waals surface area contributed by atoms with Crippen LogP contribution in [0.1, 0.15) is 41.8 Å². The first-order valence-electron chi connectivity index (χ1n) is 12.3. The van der Waals surface area contributed by atoms with Gasteiger partial charge in [-0.2, -0.15) is 5.26 Å². The average Bonchev–Trinajstić information content (AvgIpc) is 3.27. The van der Waals surface area contributed by atoms with E-state index in [-0.39, 0.29) is 17.7 Å². The Labute approximate surface area is 230 Å². The number of thioether (sulfide) groups is 1. The Balaban J connectivity index is 1.41. The second kappa shape index (κ2) is 12.6. The number of nitriles is 1. The summed E-state index contributed by atoms with van der Waals surface area (Å²) in [5, 5.41) is 15.7. The molecule has 1 aliphatic heterocycles. The number of hydrogen-bond donors (Lipinski definition) is 2. The molecule has 194 valence electrons. The van der Waals surface area contributed by atoms with E-state index in [1.807, 2.05) is 55.5 Å². The Morgan fingerprint density at radius 3 is 2.66 bits per heavy atom. The molecule has 1 atom stereocenters. The quantitative estimate of drug-likeness (QED) is 0.280. The highest BCUT2D eigenvalue weighted by molar-refractivity contribution is 8.00. The van der Waals surface area contributed by atoms with Crippen molar-refractivity contribution >= 4 is 57.6 Å². The summed E-state index contributed by atoms with van der Waals surface area (Å²) < 4.78 is 0. The van der Waals surface area contributed by atoms with E-state index in [9.17, 15) is 19.6 Å². The van der Waals surface area contributed by atoms with Gasteiger partial charge in [-0.1, -0.05) is 43.3 Å². The van der Waals surface area contributed by atoms with Gasteiger partial charge < -0.3 is 15.5 Å². The van der Waals surface area contributed by atoms with Crippen molar-refractivity contribution in [3.05, 3.63) is 82.2 Å². The standard InChI is InChI=1S/C29H28N4O3S2/c1-3-25(28(36)32-29-24(17-30)23-14-15-33(19(2)34)18-26(23)38-29)37-22-11-7-10-21(16-22)31-27(35)13-12-20-8-5-4-6-9-20/h4-13,16,25H,3,14-15,18H2,1-2H3,(H,31,35)(H,32,36)/b13-12+. The van der Waals surface area contributed by atoms with Crippen molar-refractivity contribution in [1.29, 1.82) is 5.26 Å². The zero-order chi connectivity index (χ0) is 27.1. The summed E-state index contributed by atoms with van der Waals surface area (Å²) in [4.78, 5) is 40.9. The Kier molecular flexibility index (Phi) is 9.00. The third-order valence-corrected chi connectivity index (χ3v) is 8.61. The van der Waals surface area contributed by atoms with E-state index in [1.54, 1.807) is 17.0 Å². The zero-order valence-corrected chi connectivity index (χ0v) is 22.8. The topological polar surface area (TPSA) is 102 Å². The lowest BCUT2D eigenvalue weighted by Crippen LogP contribution is -2.33. The highest BCUT2D eigenvalue weighted by Gasteiger charge is 2.27. The van der Waals surface area contributed by atoms with Crippen molar-refractivity contribution in [3.63, 3.8) is 0 Å².